The molecule has 7 nitrogen and oxygen atoms in total. The number of halogens is 3. The highest BCUT2D eigenvalue weighted by Crippen LogP contribution is 2.42. The SMILES string of the molecule is NC(=O)CCc1ccc([C@H]2C[C@@H]2NS(=O)(=O)c2ccc(-c3cc(C(F)(F)F)on3)s2)cc1. The minimum atomic E-state index is -4.67. The van der Waals surface area contributed by atoms with Gasteiger partial charge in [0.2, 0.25) is 21.7 Å². The maximum absolute atomic E-state index is 12.7. The Bertz CT molecular complexity index is 1230. The van der Waals surface area contributed by atoms with Crippen molar-refractivity contribution in [2.24, 2.45) is 5.73 Å². The van der Waals surface area contributed by atoms with E-state index in [9.17, 15) is 26.4 Å². The van der Waals surface area contributed by atoms with Gasteiger partial charge in [-0.2, -0.15) is 13.2 Å². The molecule has 0 unspecified atom stereocenters. The molecule has 0 bridgehead atoms. The third-order valence-corrected chi connectivity index (χ3v) is 8.14. The third kappa shape index (κ3) is 5.03. The number of nitrogens with zero attached hydrogens (tertiary/aromatic N) is 1. The van der Waals surface area contributed by atoms with Crippen LogP contribution in [-0.4, -0.2) is 25.5 Å². The number of aryl methyl sites for hydroxylation is 1. The summed E-state index contributed by atoms with van der Waals surface area (Å²) in [7, 11) is -3.84. The van der Waals surface area contributed by atoms with Gasteiger partial charge in [-0.05, 0) is 36.1 Å². The first-order valence-corrected chi connectivity index (χ1v) is 11.9. The topological polar surface area (TPSA) is 115 Å². The molecule has 2 heterocycles. The van der Waals surface area contributed by atoms with Crippen molar-refractivity contribution in [2.45, 2.75) is 41.6 Å². The molecule has 1 aliphatic rings. The molecule has 32 heavy (non-hydrogen) atoms. The quantitative estimate of drug-likeness (QED) is 0.505. The van der Waals surface area contributed by atoms with E-state index in [2.05, 4.69) is 14.4 Å². The molecule has 12 heteroatoms. The Morgan fingerprint density at radius 3 is 2.56 bits per heavy atom. The van der Waals surface area contributed by atoms with Crippen LogP contribution in [0.2, 0.25) is 0 Å². The number of alkyl halides is 3. The number of hydrogen-bond donors (Lipinski definition) is 2. The van der Waals surface area contributed by atoms with Gasteiger partial charge in [-0.25, -0.2) is 13.1 Å². The third-order valence-electron chi connectivity index (χ3n) is 5.05. The van der Waals surface area contributed by atoms with E-state index in [0.29, 0.717) is 12.8 Å². The lowest BCUT2D eigenvalue weighted by Crippen LogP contribution is -2.26. The van der Waals surface area contributed by atoms with E-state index in [0.717, 1.165) is 28.5 Å². The lowest BCUT2D eigenvalue weighted by atomic mass is 10.0. The molecule has 0 spiro atoms. The van der Waals surface area contributed by atoms with Crippen LogP contribution in [0.1, 0.15) is 35.6 Å². The van der Waals surface area contributed by atoms with Crippen LogP contribution in [0, 0.1) is 0 Å². The summed E-state index contributed by atoms with van der Waals surface area (Å²) < 4.78 is 70.4. The first-order chi connectivity index (χ1) is 15.0. The van der Waals surface area contributed by atoms with Gasteiger partial charge in [-0.15, -0.1) is 11.3 Å². The molecule has 1 aromatic carbocycles. The number of aromatic nitrogens is 1. The number of hydrogen-bond acceptors (Lipinski definition) is 6. The van der Waals surface area contributed by atoms with Gasteiger partial charge >= 0.3 is 6.18 Å². The summed E-state index contributed by atoms with van der Waals surface area (Å²) in [4.78, 5) is 11.1. The Balaban J connectivity index is 1.39. The Hall–Kier alpha value is -2.70. The zero-order chi connectivity index (χ0) is 23.1. The van der Waals surface area contributed by atoms with Crippen molar-refractivity contribution < 1.29 is 30.9 Å². The van der Waals surface area contributed by atoms with Crippen LogP contribution in [0.3, 0.4) is 0 Å². The second kappa shape index (κ2) is 8.34. The molecule has 1 aliphatic carbocycles. The Morgan fingerprint density at radius 2 is 1.94 bits per heavy atom. The van der Waals surface area contributed by atoms with Gasteiger partial charge in [0.15, 0.2) is 0 Å². The van der Waals surface area contributed by atoms with E-state index in [1.54, 1.807) is 0 Å². The highest BCUT2D eigenvalue weighted by molar-refractivity contribution is 7.91. The van der Waals surface area contributed by atoms with Crippen LogP contribution in [0.15, 0.2) is 51.2 Å². The predicted molar refractivity (Wildman–Crippen MR) is 110 cm³/mol. The van der Waals surface area contributed by atoms with Crippen LogP contribution in [0.5, 0.6) is 0 Å². The number of rotatable bonds is 8. The summed E-state index contributed by atoms with van der Waals surface area (Å²) in [5, 5.41) is 3.38. The number of nitrogens with two attached hydrogens (primary N) is 1. The standard InChI is InChI=1S/C20H18F3N3O4S2/c21-20(22,23)17-10-15(25-30-17)16-6-8-19(31-16)32(28,29)26-14-9-13(14)12-4-1-11(2-5-12)3-7-18(24)27/h1-2,4-6,8,10,13-14,26H,3,7,9H2,(H2,24,27)/t13-,14+/m1/s1. The smallest absolute Gasteiger partial charge is 0.370 e. The molecule has 2 aromatic heterocycles. The summed E-state index contributed by atoms with van der Waals surface area (Å²) >= 11 is 0.815. The average molecular weight is 486 g/mol. The van der Waals surface area contributed by atoms with E-state index in [4.69, 9.17) is 5.73 Å². The van der Waals surface area contributed by atoms with E-state index < -0.39 is 22.0 Å². The van der Waals surface area contributed by atoms with Crippen LogP contribution >= 0.6 is 11.3 Å². The van der Waals surface area contributed by atoms with Crippen molar-refractivity contribution in [3.8, 4) is 10.6 Å². The molecular weight excluding hydrogens is 467 g/mol. The lowest BCUT2D eigenvalue weighted by Gasteiger charge is -2.06. The fraction of sp³-hybridized carbons (Fsp3) is 0.300. The fourth-order valence-corrected chi connectivity index (χ4v) is 5.84. The number of thiophene rings is 1. The Labute approximate surface area is 185 Å². The van der Waals surface area contributed by atoms with E-state index in [1.165, 1.54) is 12.1 Å². The molecule has 1 amide bonds. The van der Waals surface area contributed by atoms with Crippen LogP contribution in [0.25, 0.3) is 10.6 Å². The molecule has 0 saturated heterocycles. The van der Waals surface area contributed by atoms with Crippen LogP contribution < -0.4 is 10.5 Å². The van der Waals surface area contributed by atoms with Crippen LogP contribution in [-0.2, 0) is 27.4 Å². The van der Waals surface area contributed by atoms with Crippen LogP contribution in [0.4, 0.5) is 13.2 Å². The van der Waals surface area contributed by atoms with Crippen molar-refractivity contribution in [1.82, 2.24) is 9.88 Å². The largest absolute Gasteiger partial charge is 0.452 e. The minimum absolute atomic E-state index is 0.0171. The summed E-state index contributed by atoms with van der Waals surface area (Å²) in [5.41, 5.74) is 7.02. The summed E-state index contributed by atoms with van der Waals surface area (Å²) in [6.07, 6.45) is -3.22. The summed E-state index contributed by atoms with van der Waals surface area (Å²) in [6.45, 7) is 0. The second-order valence-corrected chi connectivity index (χ2v) is 10.5. The molecule has 1 saturated carbocycles. The fourth-order valence-electron chi connectivity index (χ4n) is 3.28. The van der Waals surface area contributed by atoms with Gasteiger partial charge in [-0.3, -0.25) is 4.79 Å². The number of primary amides is 1. The number of sulfonamides is 1. The average Bonchev–Trinajstić information content (AvgIpc) is 3.13. The highest BCUT2D eigenvalue weighted by atomic mass is 32.2. The number of carbonyl (C=O) groups excluding carboxylic acids is 1. The number of carbonyl (C=O) groups is 1. The normalized spacial score (nSPS) is 18.6. The molecule has 0 radical (unpaired) electrons. The predicted octanol–water partition coefficient (Wildman–Crippen LogP) is 3.67. The lowest BCUT2D eigenvalue weighted by molar-refractivity contribution is -0.155. The molecule has 1 fully saturated rings. The van der Waals surface area contributed by atoms with E-state index >= 15 is 0 Å². The minimum Gasteiger partial charge on any atom is -0.370 e. The second-order valence-electron chi connectivity index (χ2n) is 7.47. The first-order valence-electron chi connectivity index (χ1n) is 9.56. The zero-order valence-corrected chi connectivity index (χ0v) is 18.1. The summed E-state index contributed by atoms with van der Waals surface area (Å²) in [5.74, 6) is -1.59. The zero-order valence-electron chi connectivity index (χ0n) is 16.4. The van der Waals surface area contributed by atoms with Gasteiger partial charge in [0.1, 0.15) is 9.90 Å². The van der Waals surface area contributed by atoms with Crippen molar-refractivity contribution in [3.05, 3.63) is 59.4 Å². The molecule has 2 atom stereocenters. The highest BCUT2D eigenvalue weighted by Gasteiger charge is 2.41. The van der Waals surface area contributed by atoms with Crippen molar-refractivity contribution in [2.75, 3.05) is 0 Å². The number of amides is 1. The van der Waals surface area contributed by atoms with Crippen molar-refractivity contribution in [3.63, 3.8) is 0 Å². The number of nitrogens with one attached hydrogen (secondary N) is 1. The Morgan fingerprint density at radius 1 is 1.22 bits per heavy atom. The van der Waals surface area contributed by atoms with Gasteiger partial charge in [0.05, 0.1) is 4.88 Å². The van der Waals surface area contributed by atoms with E-state index in [-0.39, 0.29) is 39.1 Å². The molecule has 4 rings (SSSR count). The molecule has 170 valence electrons. The monoisotopic (exact) mass is 485 g/mol. The maximum Gasteiger partial charge on any atom is 0.452 e. The first kappa shape index (κ1) is 22.5. The molecule has 3 aromatic rings. The Kier molecular flexibility index (Phi) is 5.86. The maximum atomic E-state index is 12.7. The van der Waals surface area contributed by atoms with Crippen molar-refractivity contribution >= 4 is 27.3 Å². The van der Waals surface area contributed by atoms with Gasteiger partial charge in [-0.1, -0.05) is 29.4 Å². The molecule has 0 aliphatic heterocycles. The van der Waals surface area contributed by atoms with E-state index in [1.807, 2.05) is 24.3 Å². The molecular formula is C20H18F3N3O4S2. The van der Waals surface area contributed by atoms with Gasteiger partial charge in [0.25, 0.3) is 0 Å². The van der Waals surface area contributed by atoms with Gasteiger partial charge in [0, 0.05) is 24.4 Å². The molecule has 3 N–H and O–H groups in total. The van der Waals surface area contributed by atoms with Crippen molar-refractivity contribution in [1.29, 1.82) is 0 Å². The number of benzene rings is 1. The van der Waals surface area contributed by atoms with Gasteiger partial charge < -0.3 is 10.3 Å². The summed E-state index contributed by atoms with van der Waals surface area (Å²) in [6, 6.07) is 10.8.